The minimum atomic E-state index is -4.67. The van der Waals surface area contributed by atoms with Gasteiger partial charge in [-0.2, -0.15) is 13.2 Å². The van der Waals surface area contributed by atoms with Crippen LogP contribution in [0.15, 0.2) is 47.5 Å². The lowest BCUT2D eigenvalue weighted by atomic mass is 10.2. The quantitative estimate of drug-likeness (QED) is 0.614. The number of methoxy groups -OCH3 is 1. The highest BCUT2D eigenvalue weighted by Crippen LogP contribution is 2.37. The number of anilines is 1. The first-order valence-electron chi connectivity index (χ1n) is 9.37. The Balaban J connectivity index is 1.79. The van der Waals surface area contributed by atoms with Crippen LogP contribution in [-0.2, 0) is 20.5 Å². The van der Waals surface area contributed by atoms with Gasteiger partial charge in [-0.1, -0.05) is 23.4 Å². The van der Waals surface area contributed by atoms with E-state index in [0.29, 0.717) is 11.3 Å². The molecule has 1 aliphatic heterocycles. The number of nitrogens with one attached hydrogen (secondary N) is 1. The summed E-state index contributed by atoms with van der Waals surface area (Å²) in [4.78, 5) is 41.9. The Labute approximate surface area is 195 Å². The monoisotopic (exact) mass is 499 g/mol. The number of halogens is 4. The average molecular weight is 500 g/mol. The number of carbonyl (C=O) groups is 3. The summed E-state index contributed by atoms with van der Waals surface area (Å²) in [5.41, 5.74) is -0.417. The molecule has 1 unspecified atom stereocenters. The van der Waals surface area contributed by atoms with E-state index < -0.39 is 39.8 Å². The van der Waals surface area contributed by atoms with Crippen molar-refractivity contribution in [3.05, 3.63) is 58.6 Å². The molecule has 0 aromatic heterocycles. The first-order chi connectivity index (χ1) is 15.5. The fourth-order valence-corrected chi connectivity index (χ4v) is 4.13. The van der Waals surface area contributed by atoms with E-state index in [0.717, 1.165) is 23.9 Å². The Morgan fingerprint density at radius 1 is 1.21 bits per heavy atom. The van der Waals surface area contributed by atoms with Gasteiger partial charge in [0.1, 0.15) is 5.25 Å². The van der Waals surface area contributed by atoms with Crippen LogP contribution in [0, 0.1) is 0 Å². The third kappa shape index (κ3) is 5.85. The minimum Gasteiger partial charge on any atom is -0.465 e. The SMILES string of the molecule is COC(=O)c1ccc(NC(=O)C2CC(=O)N(C)C(=Nc3ccc(Cl)c(C(F)(F)F)c3)S2)cc1. The first-order valence-corrected chi connectivity index (χ1v) is 10.6. The standard InChI is InChI=1S/C21H17ClF3N3O4S/c1-28-17(29)10-16(18(30)26-12-5-3-11(4-6-12)19(31)32-2)33-20(28)27-13-7-8-15(22)14(9-13)21(23,24)25/h3-9,16H,10H2,1-2H3,(H,26,30). The fourth-order valence-electron chi connectivity index (χ4n) is 2.84. The van der Waals surface area contributed by atoms with Crippen LogP contribution in [0.4, 0.5) is 24.5 Å². The van der Waals surface area contributed by atoms with Crippen LogP contribution < -0.4 is 5.32 Å². The molecule has 0 spiro atoms. The molecule has 1 fully saturated rings. The molecular weight excluding hydrogens is 483 g/mol. The molecule has 1 atom stereocenters. The van der Waals surface area contributed by atoms with Gasteiger partial charge in [0.2, 0.25) is 11.8 Å². The van der Waals surface area contributed by atoms with E-state index in [1.165, 1.54) is 49.4 Å². The Bertz CT molecular complexity index is 1120. The number of amides is 2. The van der Waals surface area contributed by atoms with E-state index in [4.69, 9.17) is 11.6 Å². The number of alkyl halides is 3. The zero-order valence-electron chi connectivity index (χ0n) is 17.3. The molecule has 1 N–H and O–H groups in total. The van der Waals surface area contributed by atoms with Gasteiger partial charge in [-0.05, 0) is 42.5 Å². The maximum Gasteiger partial charge on any atom is 0.417 e. The van der Waals surface area contributed by atoms with Crippen molar-refractivity contribution in [2.24, 2.45) is 4.99 Å². The summed E-state index contributed by atoms with van der Waals surface area (Å²) < 4.78 is 44.0. The molecule has 2 aromatic carbocycles. The molecule has 174 valence electrons. The van der Waals surface area contributed by atoms with E-state index in [1.54, 1.807) is 0 Å². The highest BCUT2D eigenvalue weighted by atomic mass is 35.5. The van der Waals surface area contributed by atoms with E-state index in [9.17, 15) is 27.6 Å². The number of hydrogen-bond acceptors (Lipinski definition) is 6. The second kappa shape index (κ2) is 9.84. The van der Waals surface area contributed by atoms with Crippen molar-refractivity contribution in [1.29, 1.82) is 0 Å². The van der Waals surface area contributed by atoms with Gasteiger partial charge >= 0.3 is 12.1 Å². The average Bonchev–Trinajstić information content (AvgIpc) is 2.77. The molecule has 1 saturated heterocycles. The number of rotatable bonds is 4. The molecule has 2 amide bonds. The zero-order chi connectivity index (χ0) is 24.3. The summed E-state index contributed by atoms with van der Waals surface area (Å²) in [6.07, 6.45) is -4.79. The Morgan fingerprint density at radius 3 is 2.48 bits per heavy atom. The third-order valence-electron chi connectivity index (χ3n) is 4.61. The number of thioether (sulfide) groups is 1. The fraction of sp³-hybridized carbons (Fsp3) is 0.238. The largest absolute Gasteiger partial charge is 0.465 e. The second-order valence-corrected chi connectivity index (χ2v) is 8.45. The van der Waals surface area contributed by atoms with Crippen LogP contribution in [0.2, 0.25) is 5.02 Å². The van der Waals surface area contributed by atoms with Gasteiger partial charge in [-0.3, -0.25) is 14.5 Å². The number of ether oxygens (including phenoxy) is 1. The van der Waals surface area contributed by atoms with Gasteiger partial charge in [0.15, 0.2) is 5.17 Å². The van der Waals surface area contributed by atoms with Gasteiger partial charge in [-0.25, -0.2) is 9.79 Å². The lowest BCUT2D eigenvalue weighted by Crippen LogP contribution is -2.43. The molecular formula is C21H17ClF3N3O4S. The van der Waals surface area contributed by atoms with Crippen molar-refractivity contribution in [2.75, 3.05) is 19.5 Å². The second-order valence-electron chi connectivity index (χ2n) is 6.88. The van der Waals surface area contributed by atoms with Crippen molar-refractivity contribution < 1.29 is 32.3 Å². The molecule has 2 aromatic rings. The molecule has 0 saturated carbocycles. The van der Waals surface area contributed by atoms with Crippen molar-refractivity contribution >= 4 is 57.7 Å². The lowest BCUT2D eigenvalue weighted by Gasteiger charge is -2.28. The highest BCUT2D eigenvalue weighted by molar-refractivity contribution is 8.15. The van der Waals surface area contributed by atoms with Gasteiger partial charge in [-0.15, -0.1) is 0 Å². The van der Waals surface area contributed by atoms with Crippen LogP contribution in [0.3, 0.4) is 0 Å². The summed E-state index contributed by atoms with van der Waals surface area (Å²) in [6.45, 7) is 0. The molecule has 12 heteroatoms. The molecule has 0 bridgehead atoms. The summed E-state index contributed by atoms with van der Waals surface area (Å²) in [7, 11) is 2.67. The van der Waals surface area contributed by atoms with Crippen molar-refractivity contribution in [1.82, 2.24) is 4.90 Å². The normalized spacial score (nSPS) is 17.8. The van der Waals surface area contributed by atoms with E-state index in [1.807, 2.05) is 0 Å². The summed E-state index contributed by atoms with van der Waals surface area (Å²) in [6, 6.07) is 9.10. The van der Waals surface area contributed by atoms with Crippen LogP contribution in [0.1, 0.15) is 22.3 Å². The molecule has 0 aliphatic carbocycles. The molecule has 33 heavy (non-hydrogen) atoms. The van der Waals surface area contributed by atoms with Crippen molar-refractivity contribution in [2.45, 2.75) is 17.8 Å². The van der Waals surface area contributed by atoms with E-state index in [-0.39, 0.29) is 17.3 Å². The number of aliphatic imine (C=N–C) groups is 1. The maximum atomic E-state index is 13.1. The molecule has 7 nitrogen and oxygen atoms in total. The molecule has 1 heterocycles. The predicted octanol–water partition coefficient (Wildman–Crippen LogP) is 4.74. The summed E-state index contributed by atoms with van der Waals surface area (Å²) in [5, 5.41) is 1.39. The smallest absolute Gasteiger partial charge is 0.417 e. The summed E-state index contributed by atoms with van der Waals surface area (Å²) >= 11 is 6.59. The highest BCUT2D eigenvalue weighted by Gasteiger charge is 2.35. The Hall–Kier alpha value is -3.05. The zero-order valence-corrected chi connectivity index (χ0v) is 18.8. The van der Waals surface area contributed by atoms with E-state index >= 15 is 0 Å². The number of esters is 1. The number of carbonyl (C=O) groups excluding carboxylic acids is 3. The first kappa shape index (κ1) is 24.6. The lowest BCUT2D eigenvalue weighted by molar-refractivity contribution is -0.137. The number of hydrogen-bond donors (Lipinski definition) is 1. The topological polar surface area (TPSA) is 88.1 Å². The van der Waals surface area contributed by atoms with Gasteiger partial charge in [0, 0.05) is 19.2 Å². The minimum absolute atomic E-state index is 0.0617. The van der Waals surface area contributed by atoms with Gasteiger partial charge in [0.05, 0.1) is 28.9 Å². The van der Waals surface area contributed by atoms with Gasteiger partial charge in [0.25, 0.3) is 0 Å². The van der Waals surface area contributed by atoms with E-state index in [2.05, 4.69) is 15.0 Å². The predicted molar refractivity (Wildman–Crippen MR) is 119 cm³/mol. The molecule has 0 radical (unpaired) electrons. The van der Waals surface area contributed by atoms with Crippen LogP contribution in [0.25, 0.3) is 0 Å². The van der Waals surface area contributed by atoms with Crippen LogP contribution in [0.5, 0.6) is 0 Å². The van der Waals surface area contributed by atoms with Crippen molar-refractivity contribution in [3.63, 3.8) is 0 Å². The van der Waals surface area contributed by atoms with Gasteiger partial charge < -0.3 is 10.1 Å². The molecule has 3 rings (SSSR count). The number of nitrogens with zero attached hydrogens (tertiary/aromatic N) is 2. The Morgan fingerprint density at radius 2 is 1.88 bits per heavy atom. The summed E-state index contributed by atoms with van der Waals surface area (Å²) in [5.74, 6) is -1.44. The molecule has 1 aliphatic rings. The maximum absolute atomic E-state index is 13.1. The third-order valence-corrected chi connectivity index (χ3v) is 6.19. The van der Waals surface area contributed by atoms with Crippen molar-refractivity contribution in [3.8, 4) is 0 Å². The Kier molecular flexibility index (Phi) is 7.33. The number of amidine groups is 1. The van der Waals surface area contributed by atoms with Crippen LogP contribution >= 0.6 is 23.4 Å². The number of benzene rings is 2. The van der Waals surface area contributed by atoms with Crippen LogP contribution in [-0.4, -0.2) is 47.3 Å².